The molecule has 0 aromatic heterocycles. The molecule has 0 aliphatic carbocycles. The van der Waals surface area contributed by atoms with Crippen molar-refractivity contribution in [1.29, 1.82) is 0 Å². The third-order valence-corrected chi connectivity index (χ3v) is 4.52. The fourth-order valence-corrected chi connectivity index (χ4v) is 2.86. The van der Waals surface area contributed by atoms with Gasteiger partial charge in [-0.3, -0.25) is 9.59 Å². The Balaban J connectivity index is 2.28. The van der Waals surface area contributed by atoms with Gasteiger partial charge in [0, 0.05) is 12.0 Å². The van der Waals surface area contributed by atoms with Crippen molar-refractivity contribution in [2.75, 3.05) is 0 Å². The molecular formula is C20H24N2O2. The van der Waals surface area contributed by atoms with Crippen molar-refractivity contribution in [3.8, 4) is 0 Å². The van der Waals surface area contributed by atoms with E-state index in [-0.39, 0.29) is 5.91 Å². The third-order valence-electron chi connectivity index (χ3n) is 4.52. The molecule has 4 nitrogen and oxygen atoms in total. The summed E-state index contributed by atoms with van der Waals surface area (Å²) in [6.07, 6.45) is 0.380. The Bertz CT molecular complexity index is 741. The van der Waals surface area contributed by atoms with Crippen LogP contribution in [0.3, 0.4) is 0 Å². The molecule has 0 aliphatic heterocycles. The van der Waals surface area contributed by atoms with Gasteiger partial charge in [0.1, 0.15) is 6.04 Å². The monoisotopic (exact) mass is 324 g/mol. The maximum Gasteiger partial charge on any atom is 0.252 e. The first kappa shape index (κ1) is 17.7. The van der Waals surface area contributed by atoms with Gasteiger partial charge in [0.05, 0.1) is 0 Å². The molecule has 24 heavy (non-hydrogen) atoms. The van der Waals surface area contributed by atoms with E-state index in [0.717, 1.165) is 27.8 Å². The van der Waals surface area contributed by atoms with Crippen LogP contribution >= 0.6 is 0 Å². The van der Waals surface area contributed by atoms with Gasteiger partial charge in [-0.15, -0.1) is 0 Å². The van der Waals surface area contributed by atoms with E-state index in [2.05, 4.69) is 11.4 Å². The topological polar surface area (TPSA) is 72.2 Å². The summed E-state index contributed by atoms with van der Waals surface area (Å²) in [6, 6.07) is 10.9. The summed E-state index contributed by atoms with van der Waals surface area (Å²) in [6.45, 7) is 7.81. The molecule has 2 aromatic carbocycles. The molecule has 1 atom stereocenters. The van der Waals surface area contributed by atoms with Crippen LogP contribution in [0, 0.1) is 27.7 Å². The number of hydrogen-bond acceptors (Lipinski definition) is 2. The Kier molecular flexibility index (Phi) is 5.39. The zero-order valence-electron chi connectivity index (χ0n) is 14.6. The minimum absolute atomic E-state index is 0.253. The first-order valence-electron chi connectivity index (χ1n) is 8.02. The fourth-order valence-electron chi connectivity index (χ4n) is 2.86. The van der Waals surface area contributed by atoms with Gasteiger partial charge in [-0.2, -0.15) is 0 Å². The lowest BCUT2D eigenvalue weighted by atomic mass is 9.93. The Hall–Kier alpha value is -2.62. The highest BCUT2D eigenvalue weighted by Crippen LogP contribution is 2.21. The van der Waals surface area contributed by atoms with E-state index in [1.54, 1.807) is 0 Å². The molecule has 2 aromatic rings. The first-order chi connectivity index (χ1) is 11.3. The Morgan fingerprint density at radius 3 is 2.04 bits per heavy atom. The highest BCUT2D eigenvalue weighted by Gasteiger charge is 2.22. The zero-order valence-corrected chi connectivity index (χ0v) is 14.6. The van der Waals surface area contributed by atoms with Gasteiger partial charge < -0.3 is 11.1 Å². The number of rotatable bonds is 5. The molecular weight excluding hydrogens is 300 g/mol. The molecule has 0 bridgehead atoms. The highest BCUT2D eigenvalue weighted by atomic mass is 16.2. The predicted molar refractivity (Wildman–Crippen MR) is 96.0 cm³/mol. The molecule has 0 aliphatic rings. The van der Waals surface area contributed by atoms with Crippen LogP contribution in [0.1, 0.15) is 38.2 Å². The van der Waals surface area contributed by atoms with Crippen molar-refractivity contribution < 1.29 is 9.59 Å². The summed E-state index contributed by atoms with van der Waals surface area (Å²) >= 11 is 0. The maximum atomic E-state index is 12.8. The average molecular weight is 324 g/mol. The van der Waals surface area contributed by atoms with Crippen LogP contribution in [0.2, 0.25) is 0 Å². The number of carbonyl (C=O) groups is 2. The number of benzene rings is 2. The predicted octanol–water partition coefficient (Wildman–Crippen LogP) is 2.75. The zero-order chi connectivity index (χ0) is 17.9. The molecule has 0 heterocycles. The molecule has 0 saturated heterocycles. The second-order valence-electron chi connectivity index (χ2n) is 6.25. The van der Waals surface area contributed by atoms with Crippen LogP contribution in [-0.2, 0) is 11.2 Å². The van der Waals surface area contributed by atoms with Crippen LogP contribution < -0.4 is 11.1 Å². The molecule has 0 spiro atoms. The number of nitrogens with one attached hydrogen (secondary N) is 1. The van der Waals surface area contributed by atoms with Crippen LogP contribution in [-0.4, -0.2) is 17.9 Å². The summed E-state index contributed by atoms with van der Waals surface area (Å²) in [5.41, 5.74) is 11.1. The largest absolute Gasteiger partial charge is 0.368 e. The summed E-state index contributed by atoms with van der Waals surface area (Å²) in [4.78, 5) is 24.6. The summed E-state index contributed by atoms with van der Waals surface area (Å²) < 4.78 is 0. The molecule has 4 heteroatoms. The molecule has 0 fully saturated rings. The Morgan fingerprint density at radius 2 is 1.54 bits per heavy atom. The van der Waals surface area contributed by atoms with E-state index < -0.39 is 11.9 Å². The van der Waals surface area contributed by atoms with Gasteiger partial charge in [0.2, 0.25) is 5.91 Å². The van der Waals surface area contributed by atoms with Gasteiger partial charge in [-0.1, -0.05) is 36.4 Å². The standard InChI is InChI=1S/C20H24N2O2/c1-12-10-13(2)15(4)18(14(12)3)20(24)22-17(19(21)23)11-16-8-6-5-7-9-16/h5-10,17H,11H2,1-4H3,(H2,21,23)(H,22,24)/t17-/m0/s1. The van der Waals surface area contributed by atoms with Crippen molar-refractivity contribution >= 4 is 11.8 Å². The minimum Gasteiger partial charge on any atom is -0.368 e. The number of primary amides is 1. The molecule has 0 radical (unpaired) electrons. The molecule has 126 valence electrons. The van der Waals surface area contributed by atoms with Crippen LogP contribution in [0.5, 0.6) is 0 Å². The third kappa shape index (κ3) is 3.82. The van der Waals surface area contributed by atoms with E-state index >= 15 is 0 Å². The number of aryl methyl sites for hydroxylation is 2. The summed E-state index contributed by atoms with van der Waals surface area (Å²) in [5, 5.41) is 2.80. The maximum absolute atomic E-state index is 12.8. The van der Waals surface area contributed by atoms with Gasteiger partial charge in [0.15, 0.2) is 0 Å². The van der Waals surface area contributed by atoms with Gasteiger partial charge in [-0.25, -0.2) is 0 Å². The lowest BCUT2D eigenvalue weighted by Gasteiger charge is -2.19. The smallest absolute Gasteiger partial charge is 0.252 e. The van der Waals surface area contributed by atoms with Crippen LogP contribution in [0.25, 0.3) is 0 Å². The van der Waals surface area contributed by atoms with E-state index in [9.17, 15) is 9.59 Å². The quantitative estimate of drug-likeness (QED) is 0.887. The van der Waals surface area contributed by atoms with E-state index in [4.69, 9.17) is 5.73 Å². The number of hydrogen-bond donors (Lipinski definition) is 2. The minimum atomic E-state index is -0.737. The van der Waals surface area contributed by atoms with Crippen molar-refractivity contribution in [3.63, 3.8) is 0 Å². The van der Waals surface area contributed by atoms with Crippen molar-refractivity contribution in [2.24, 2.45) is 5.73 Å². The Morgan fingerprint density at radius 1 is 1.00 bits per heavy atom. The normalized spacial score (nSPS) is 11.8. The van der Waals surface area contributed by atoms with E-state index in [1.165, 1.54) is 0 Å². The molecule has 0 unspecified atom stereocenters. The highest BCUT2D eigenvalue weighted by molar-refractivity contribution is 6.00. The van der Waals surface area contributed by atoms with E-state index in [0.29, 0.717) is 12.0 Å². The SMILES string of the molecule is Cc1cc(C)c(C)c(C(=O)N[C@@H](Cc2ccccc2)C(N)=O)c1C. The summed E-state index contributed by atoms with van der Waals surface area (Å²) in [5.74, 6) is -0.789. The number of amides is 2. The van der Waals surface area contributed by atoms with Gasteiger partial charge in [0.25, 0.3) is 5.91 Å². The molecule has 3 N–H and O–H groups in total. The van der Waals surface area contributed by atoms with Crippen molar-refractivity contribution in [2.45, 2.75) is 40.2 Å². The van der Waals surface area contributed by atoms with Gasteiger partial charge in [-0.05, 0) is 55.5 Å². The second kappa shape index (κ2) is 7.30. The average Bonchev–Trinajstić information content (AvgIpc) is 2.53. The number of carbonyl (C=O) groups excluding carboxylic acids is 2. The lowest BCUT2D eigenvalue weighted by molar-refractivity contribution is -0.119. The van der Waals surface area contributed by atoms with Crippen LogP contribution in [0.4, 0.5) is 0 Å². The van der Waals surface area contributed by atoms with E-state index in [1.807, 2.05) is 58.0 Å². The van der Waals surface area contributed by atoms with Gasteiger partial charge >= 0.3 is 0 Å². The Labute approximate surface area is 143 Å². The molecule has 0 saturated carbocycles. The molecule has 2 amide bonds. The fraction of sp³-hybridized carbons (Fsp3) is 0.300. The lowest BCUT2D eigenvalue weighted by Crippen LogP contribution is -2.46. The van der Waals surface area contributed by atoms with Crippen LogP contribution in [0.15, 0.2) is 36.4 Å². The number of nitrogens with two attached hydrogens (primary N) is 1. The van der Waals surface area contributed by atoms with Crippen molar-refractivity contribution in [1.82, 2.24) is 5.32 Å². The van der Waals surface area contributed by atoms with Crippen molar-refractivity contribution in [3.05, 3.63) is 69.8 Å². The molecule has 2 rings (SSSR count). The summed E-state index contributed by atoms with van der Waals surface area (Å²) in [7, 11) is 0. The first-order valence-corrected chi connectivity index (χ1v) is 8.02. The second-order valence-corrected chi connectivity index (χ2v) is 6.25.